The van der Waals surface area contributed by atoms with E-state index >= 15 is 0 Å². The molecule has 0 aliphatic carbocycles. The Balaban J connectivity index is 2.57. The van der Waals surface area contributed by atoms with Crippen LogP contribution in [-0.2, 0) is 25.4 Å². The van der Waals surface area contributed by atoms with E-state index in [4.69, 9.17) is 5.73 Å². The van der Waals surface area contributed by atoms with Crippen molar-refractivity contribution in [2.45, 2.75) is 58.8 Å². The third-order valence-corrected chi connectivity index (χ3v) is 6.49. The van der Waals surface area contributed by atoms with Crippen molar-refractivity contribution < 1.29 is 18.0 Å². The number of carbonyl (C=O) groups is 2. The van der Waals surface area contributed by atoms with Crippen LogP contribution in [0.15, 0.2) is 42.0 Å². The summed E-state index contributed by atoms with van der Waals surface area (Å²) in [5, 5.41) is 2.58. The predicted molar refractivity (Wildman–Crippen MR) is 120 cm³/mol. The summed E-state index contributed by atoms with van der Waals surface area (Å²) in [6, 6.07) is 8.12. The van der Waals surface area contributed by atoms with Crippen molar-refractivity contribution in [1.29, 1.82) is 0 Å². The van der Waals surface area contributed by atoms with Gasteiger partial charge in [-0.2, -0.15) is 0 Å². The van der Waals surface area contributed by atoms with Gasteiger partial charge in [0.15, 0.2) is 0 Å². The smallest absolute Gasteiger partial charge is 0.260 e. The van der Waals surface area contributed by atoms with Crippen LogP contribution in [0.3, 0.4) is 0 Å². The molecule has 0 unspecified atom stereocenters. The lowest BCUT2D eigenvalue weighted by molar-refractivity contribution is -0.124. The fourth-order valence-electron chi connectivity index (χ4n) is 2.92. The van der Waals surface area contributed by atoms with Gasteiger partial charge in [0.05, 0.1) is 11.8 Å². The Morgan fingerprint density at radius 1 is 1.20 bits per heavy atom. The van der Waals surface area contributed by atoms with Crippen LogP contribution in [0, 0.1) is 11.3 Å². The molecule has 0 aliphatic rings. The lowest BCUT2D eigenvalue weighted by atomic mass is 9.78. The molecule has 0 saturated carbocycles. The average Bonchev–Trinajstić information content (AvgIpc) is 2.69. The van der Waals surface area contributed by atoms with E-state index in [1.165, 1.54) is 0 Å². The number of nitrogens with one attached hydrogen (secondary N) is 2. The Bertz CT molecular complexity index is 848. The van der Waals surface area contributed by atoms with Crippen molar-refractivity contribution >= 4 is 21.8 Å². The Morgan fingerprint density at radius 2 is 1.80 bits per heavy atom. The second-order valence-electron chi connectivity index (χ2n) is 8.52. The highest BCUT2D eigenvalue weighted by Gasteiger charge is 2.31. The minimum Gasteiger partial charge on any atom is -0.358 e. The number of likely N-dealkylation sites (N-methyl/N-ethyl adjacent to an activating group) is 1. The number of nitrogens with two attached hydrogens (primary N) is 1. The molecule has 1 aromatic carbocycles. The molecular weight excluding hydrogens is 402 g/mol. The summed E-state index contributed by atoms with van der Waals surface area (Å²) in [4.78, 5) is 24.0. The largest absolute Gasteiger partial charge is 0.358 e. The highest BCUT2D eigenvalue weighted by molar-refractivity contribution is 7.89. The third-order valence-electron chi connectivity index (χ3n) is 5.28. The van der Waals surface area contributed by atoms with Crippen molar-refractivity contribution in [3.63, 3.8) is 0 Å². The first-order valence-corrected chi connectivity index (χ1v) is 11.8. The van der Waals surface area contributed by atoms with E-state index < -0.39 is 22.0 Å². The van der Waals surface area contributed by atoms with Gasteiger partial charge >= 0.3 is 0 Å². The Labute approximate surface area is 180 Å². The molecule has 0 saturated heterocycles. The van der Waals surface area contributed by atoms with Crippen LogP contribution >= 0.6 is 0 Å². The van der Waals surface area contributed by atoms with Gasteiger partial charge in [0, 0.05) is 12.6 Å². The molecule has 2 amide bonds. The van der Waals surface area contributed by atoms with Crippen LogP contribution in [0.4, 0.5) is 0 Å². The molecule has 0 heterocycles. The van der Waals surface area contributed by atoms with E-state index in [1.807, 2.05) is 13.8 Å². The molecule has 4 N–H and O–H groups in total. The lowest BCUT2D eigenvalue weighted by Gasteiger charge is -2.31. The number of carbonyl (C=O) groups excluding carboxylic acids is 2. The van der Waals surface area contributed by atoms with Crippen LogP contribution in [-0.4, -0.2) is 33.3 Å². The van der Waals surface area contributed by atoms with Crippen molar-refractivity contribution in [2.75, 3.05) is 7.05 Å². The van der Waals surface area contributed by atoms with Gasteiger partial charge in [-0.3, -0.25) is 9.59 Å². The normalized spacial score (nSPS) is 14.7. The van der Waals surface area contributed by atoms with E-state index in [2.05, 4.69) is 17.0 Å². The molecule has 1 rings (SSSR count). The molecule has 1 aromatic rings. The van der Waals surface area contributed by atoms with Gasteiger partial charge in [0.2, 0.25) is 15.9 Å². The standard InChI is InChI=1S/C22H35N3O4S/c1-16(13-14-22(3,4)19(23)21(27)24-5)11-12-17(2)20(26)25-30(28,29)15-18-9-7-6-8-10-18/h6-10,12,16,19H,11,13-15,23H2,1-5H3,(H,24,27)(H,25,26)/b17-12+/t16-,19-/m1/s1. The van der Waals surface area contributed by atoms with Gasteiger partial charge in [0.25, 0.3) is 5.91 Å². The molecule has 2 atom stereocenters. The molecule has 0 fully saturated rings. The summed E-state index contributed by atoms with van der Waals surface area (Å²) < 4.78 is 26.5. The highest BCUT2D eigenvalue weighted by Crippen LogP contribution is 2.29. The molecule has 168 valence electrons. The Morgan fingerprint density at radius 3 is 2.37 bits per heavy atom. The minimum absolute atomic E-state index is 0.184. The molecule has 0 aliphatic heterocycles. The molecule has 8 heteroatoms. The van der Waals surface area contributed by atoms with Gasteiger partial charge in [-0.25, -0.2) is 13.1 Å². The SMILES string of the molecule is CNC(=O)[C@@H](N)C(C)(C)CC[C@H](C)C/C=C(\C)C(=O)NS(=O)(=O)Cc1ccccc1. The van der Waals surface area contributed by atoms with Crippen molar-refractivity contribution in [3.05, 3.63) is 47.5 Å². The first kappa shape index (κ1) is 25.8. The fraction of sp³-hybridized carbons (Fsp3) is 0.545. The molecule has 7 nitrogen and oxygen atoms in total. The molecule has 0 aromatic heterocycles. The summed E-state index contributed by atoms with van der Waals surface area (Å²) in [6.45, 7) is 7.58. The van der Waals surface area contributed by atoms with Gasteiger partial charge in [-0.15, -0.1) is 0 Å². The summed E-state index contributed by atoms with van der Waals surface area (Å²) in [5.41, 5.74) is 6.66. The van der Waals surface area contributed by atoms with E-state index in [0.29, 0.717) is 17.6 Å². The second-order valence-corrected chi connectivity index (χ2v) is 10.2. The summed E-state index contributed by atoms with van der Waals surface area (Å²) in [7, 11) is -2.19. The molecule has 0 bridgehead atoms. The summed E-state index contributed by atoms with van der Waals surface area (Å²) in [5.74, 6) is -0.786. The van der Waals surface area contributed by atoms with Gasteiger partial charge in [-0.05, 0) is 43.1 Å². The maximum absolute atomic E-state index is 12.3. The quantitative estimate of drug-likeness (QED) is 0.460. The number of allylic oxidation sites excluding steroid dienone is 1. The van der Waals surface area contributed by atoms with E-state index in [1.54, 1.807) is 50.4 Å². The maximum Gasteiger partial charge on any atom is 0.260 e. The van der Waals surface area contributed by atoms with E-state index in [9.17, 15) is 18.0 Å². The zero-order chi connectivity index (χ0) is 22.9. The Hall–Kier alpha value is -2.19. The average molecular weight is 438 g/mol. The van der Waals surface area contributed by atoms with Crippen molar-refractivity contribution in [3.8, 4) is 0 Å². The number of sulfonamides is 1. The van der Waals surface area contributed by atoms with Crippen molar-refractivity contribution in [2.24, 2.45) is 17.1 Å². The van der Waals surface area contributed by atoms with Gasteiger partial charge < -0.3 is 11.1 Å². The highest BCUT2D eigenvalue weighted by atomic mass is 32.2. The third kappa shape index (κ3) is 8.67. The number of hydrogen-bond donors (Lipinski definition) is 3. The van der Waals surface area contributed by atoms with Crippen LogP contribution < -0.4 is 15.8 Å². The van der Waals surface area contributed by atoms with E-state index in [-0.39, 0.29) is 23.0 Å². The van der Waals surface area contributed by atoms with Gasteiger partial charge in [0.1, 0.15) is 0 Å². The monoisotopic (exact) mass is 437 g/mol. The van der Waals surface area contributed by atoms with Crippen LogP contribution in [0.5, 0.6) is 0 Å². The first-order chi connectivity index (χ1) is 13.9. The summed E-state index contributed by atoms with van der Waals surface area (Å²) >= 11 is 0. The maximum atomic E-state index is 12.3. The van der Waals surface area contributed by atoms with Crippen LogP contribution in [0.1, 0.15) is 52.5 Å². The summed E-state index contributed by atoms with van der Waals surface area (Å²) in [6.07, 6.45) is 3.97. The van der Waals surface area contributed by atoms with Gasteiger partial charge in [-0.1, -0.05) is 57.2 Å². The zero-order valence-corrected chi connectivity index (χ0v) is 19.4. The topological polar surface area (TPSA) is 118 Å². The molecule has 0 spiro atoms. The van der Waals surface area contributed by atoms with Crippen LogP contribution in [0.2, 0.25) is 0 Å². The zero-order valence-electron chi connectivity index (χ0n) is 18.6. The molecule has 30 heavy (non-hydrogen) atoms. The Kier molecular flexibility index (Phi) is 9.71. The number of rotatable bonds is 11. The van der Waals surface area contributed by atoms with Crippen molar-refractivity contribution in [1.82, 2.24) is 10.0 Å². The number of amides is 2. The second kappa shape index (κ2) is 11.3. The first-order valence-electron chi connectivity index (χ1n) is 10.1. The van der Waals surface area contributed by atoms with E-state index in [0.717, 1.165) is 12.8 Å². The molecular formula is C22H35N3O4S. The fourth-order valence-corrected chi connectivity index (χ4v) is 4.07. The molecule has 0 radical (unpaired) electrons. The number of benzene rings is 1. The minimum atomic E-state index is -3.76. The number of hydrogen-bond acceptors (Lipinski definition) is 5. The van der Waals surface area contributed by atoms with Crippen LogP contribution in [0.25, 0.3) is 0 Å². The predicted octanol–water partition coefficient (Wildman–Crippen LogP) is 2.48. The lowest BCUT2D eigenvalue weighted by Crippen LogP contribution is -2.48.